The van der Waals surface area contributed by atoms with Crippen molar-refractivity contribution < 1.29 is 4.52 Å². The molecule has 0 aliphatic rings. The summed E-state index contributed by atoms with van der Waals surface area (Å²) >= 11 is 0. The van der Waals surface area contributed by atoms with Crippen LogP contribution in [0.3, 0.4) is 0 Å². The van der Waals surface area contributed by atoms with E-state index >= 15 is 0 Å². The van der Waals surface area contributed by atoms with Crippen molar-refractivity contribution in [3.8, 4) is 0 Å². The maximum atomic E-state index is 4.81. The summed E-state index contributed by atoms with van der Waals surface area (Å²) in [6.07, 6.45) is 4.98. The third-order valence-corrected chi connectivity index (χ3v) is 1.22. The fourth-order valence-corrected chi connectivity index (χ4v) is 0.710. The average molecular weight is 163 g/mol. The van der Waals surface area contributed by atoms with Gasteiger partial charge in [-0.05, 0) is 22.6 Å². The van der Waals surface area contributed by atoms with E-state index in [-0.39, 0.29) is 0 Å². The summed E-state index contributed by atoms with van der Waals surface area (Å²) < 4.78 is 4.81. The van der Waals surface area contributed by atoms with Gasteiger partial charge in [0.05, 0.1) is 6.20 Å². The Labute approximate surface area is 67.3 Å². The van der Waals surface area contributed by atoms with Gasteiger partial charge in [-0.3, -0.25) is 0 Å². The molecule has 0 unspecified atom stereocenters. The van der Waals surface area contributed by atoms with Gasteiger partial charge < -0.3 is 4.52 Å². The van der Waals surface area contributed by atoms with E-state index in [0.29, 0.717) is 11.6 Å². The van der Waals surface area contributed by atoms with Crippen molar-refractivity contribution in [1.82, 2.24) is 25.8 Å². The van der Waals surface area contributed by atoms with E-state index in [9.17, 15) is 0 Å². The van der Waals surface area contributed by atoms with Crippen LogP contribution in [0.5, 0.6) is 0 Å². The highest BCUT2D eigenvalue weighted by atomic mass is 16.5. The molecule has 0 saturated carbocycles. The van der Waals surface area contributed by atoms with Crippen LogP contribution >= 0.6 is 0 Å². The van der Waals surface area contributed by atoms with Crippen molar-refractivity contribution in [2.45, 2.75) is 0 Å². The van der Waals surface area contributed by atoms with Crippen LogP contribution < -0.4 is 0 Å². The smallest absolute Gasteiger partial charge is 0.172 e. The highest BCUT2D eigenvalue weighted by molar-refractivity contribution is 5.62. The quantitative estimate of drug-likeness (QED) is 0.691. The van der Waals surface area contributed by atoms with Gasteiger partial charge >= 0.3 is 0 Å². The fraction of sp³-hybridized carbons (Fsp3) is 0. The normalized spacial score (nSPS) is 11.0. The number of rotatable bonds is 2. The first-order valence-electron chi connectivity index (χ1n) is 3.27. The molecular formula is C6H5N5O. The molecule has 6 heteroatoms. The molecule has 0 aliphatic heterocycles. The van der Waals surface area contributed by atoms with Crippen LogP contribution in [-0.4, -0.2) is 25.8 Å². The zero-order valence-corrected chi connectivity index (χ0v) is 6.01. The molecule has 0 bridgehead atoms. The van der Waals surface area contributed by atoms with E-state index in [4.69, 9.17) is 4.52 Å². The summed E-state index contributed by atoms with van der Waals surface area (Å²) in [6, 6.07) is 1.74. The molecule has 0 aliphatic carbocycles. The van der Waals surface area contributed by atoms with Gasteiger partial charge in [0.15, 0.2) is 11.6 Å². The third kappa shape index (κ3) is 1.36. The minimum absolute atomic E-state index is 0.575. The molecule has 2 aromatic heterocycles. The van der Waals surface area contributed by atoms with Gasteiger partial charge in [0.2, 0.25) is 0 Å². The molecule has 0 atom stereocenters. The van der Waals surface area contributed by atoms with Crippen molar-refractivity contribution in [2.75, 3.05) is 0 Å². The second-order valence-corrected chi connectivity index (χ2v) is 2.03. The number of tetrazole rings is 1. The van der Waals surface area contributed by atoms with E-state index < -0.39 is 0 Å². The first kappa shape index (κ1) is 6.71. The molecule has 12 heavy (non-hydrogen) atoms. The first-order chi connectivity index (χ1) is 5.95. The summed E-state index contributed by atoms with van der Waals surface area (Å²) in [7, 11) is 0. The average Bonchev–Trinajstić information content (AvgIpc) is 2.74. The summed E-state index contributed by atoms with van der Waals surface area (Å²) in [5, 5.41) is 16.6. The second-order valence-electron chi connectivity index (χ2n) is 2.03. The Morgan fingerprint density at radius 2 is 2.42 bits per heavy atom. The zero-order chi connectivity index (χ0) is 8.23. The SMILES string of the molecule is C(=C\c1ccno1)/c1nnn[nH]1. The molecule has 0 aromatic carbocycles. The van der Waals surface area contributed by atoms with Gasteiger partial charge in [0, 0.05) is 6.07 Å². The van der Waals surface area contributed by atoms with Crippen LogP contribution in [0.4, 0.5) is 0 Å². The lowest BCUT2D eigenvalue weighted by atomic mass is 10.4. The molecule has 2 heterocycles. The number of H-pyrrole nitrogens is 1. The van der Waals surface area contributed by atoms with E-state index in [2.05, 4.69) is 25.8 Å². The zero-order valence-electron chi connectivity index (χ0n) is 6.01. The van der Waals surface area contributed by atoms with Gasteiger partial charge in [0.1, 0.15) is 0 Å². The molecule has 2 aromatic rings. The lowest BCUT2D eigenvalue weighted by Gasteiger charge is -1.78. The molecule has 0 spiro atoms. The number of aromatic nitrogens is 5. The van der Waals surface area contributed by atoms with Gasteiger partial charge in [-0.2, -0.15) is 0 Å². The molecule has 6 nitrogen and oxygen atoms in total. The first-order valence-corrected chi connectivity index (χ1v) is 3.27. The van der Waals surface area contributed by atoms with Crippen molar-refractivity contribution >= 4 is 12.2 Å². The van der Waals surface area contributed by atoms with E-state index in [1.807, 2.05) is 0 Å². The standard InChI is InChI=1S/C6H5N5O/c1(5-3-4-7-12-5)2-6-8-10-11-9-6/h1-4H,(H,8,9,10,11)/b2-1+. The maximum absolute atomic E-state index is 4.81. The molecule has 0 saturated heterocycles. The molecule has 2 rings (SSSR count). The van der Waals surface area contributed by atoms with Gasteiger partial charge in [-0.1, -0.05) is 5.16 Å². The Bertz CT molecular complexity index is 313. The predicted octanol–water partition coefficient (Wildman–Crippen LogP) is 0.358. The third-order valence-electron chi connectivity index (χ3n) is 1.22. The van der Waals surface area contributed by atoms with Crippen LogP contribution in [0.15, 0.2) is 16.8 Å². The van der Waals surface area contributed by atoms with Gasteiger partial charge in [0.25, 0.3) is 0 Å². The lowest BCUT2D eigenvalue weighted by molar-refractivity contribution is 0.413. The van der Waals surface area contributed by atoms with Crippen LogP contribution in [0.1, 0.15) is 11.6 Å². The Hall–Kier alpha value is -1.98. The van der Waals surface area contributed by atoms with Gasteiger partial charge in [-0.15, -0.1) is 5.10 Å². The molecule has 60 valence electrons. The van der Waals surface area contributed by atoms with Crippen molar-refractivity contribution in [2.24, 2.45) is 0 Å². The molecule has 1 N–H and O–H groups in total. The monoisotopic (exact) mass is 163 g/mol. The number of nitrogens with one attached hydrogen (secondary N) is 1. The largest absolute Gasteiger partial charge is 0.357 e. The number of hydrogen-bond donors (Lipinski definition) is 1. The van der Waals surface area contributed by atoms with Crippen LogP contribution in [0.2, 0.25) is 0 Å². The highest BCUT2D eigenvalue weighted by Crippen LogP contribution is 2.01. The van der Waals surface area contributed by atoms with Crippen molar-refractivity contribution in [1.29, 1.82) is 0 Å². The predicted molar refractivity (Wildman–Crippen MR) is 39.6 cm³/mol. The summed E-state index contributed by atoms with van der Waals surface area (Å²) in [5.74, 6) is 1.23. The second kappa shape index (κ2) is 2.95. The van der Waals surface area contributed by atoms with Gasteiger partial charge in [-0.25, -0.2) is 5.10 Å². The van der Waals surface area contributed by atoms with Crippen molar-refractivity contribution in [3.63, 3.8) is 0 Å². The molecular weight excluding hydrogens is 158 g/mol. The summed E-state index contributed by atoms with van der Waals surface area (Å²) in [4.78, 5) is 0. The van der Waals surface area contributed by atoms with Crippen LogP contribution in [-0.2, 0) is 0 Å². The topological polar surface area (TPSA) is 80.5 Å². The summed E-state index contributed by atoms with van der Waals surface area (Å²) in [5.41, 5.74) is 0. The minimum atomic E-state index is 0.575. The molecule has 0 amide bonds. The molecule has 0 fully saturated rings. The Morgan fingerprint density at radius 1 is 1.42 bits per heavy atom. The minimum Gasteiger partial charge on any atom is -0.357 e. The lowest BCUT2D eigenvalue weighted by Crippen LogP contribution is -1.73. The highest BCUT2D eigenvalue weighted by Gasteiger charge is 1.91. The Kier molecular flexibility index (Phi) is 1.65. The van der Waals surface area contributed by atoms with E-state index in [0.717, 1.165) is 0 Å². The van der Waals surface area contributed by atoms with Crippen LogP contribution in [0, 0.1) is 0 Å². The number of hydrogen-bond acceptors (Lipinski definition) is 5. The number of nitrogens with zero attached hydrogens (tertiary/aromatic N) is 4. The molecule has 0 radical (unpaired) electrons. The van der Waals surface area contributed by atoms with E-state index in [1.54, 1.807) is 24.4 Å². The number of aromatic amines is 1. The van der Waals surface area contributed by atoms with Crippen molar-refractivity contribution in [3.05, 3.63) is 23.8 Å². The maximum Gasteiger partial charge on any atom is 0.172 e. The Morgan fingerprint density at radius 3 is 3.08 bits per heavy atom. The van der Waals surface area contributed by atoms with E-state index in [1.165, 1.54) is 0 Å². The Balaban J connectivity index is 2.14. The summed E-state index contributed by atoms with van der Waals surface area (Å²) in [6.45, 7) is 0. The van der Waals surface area contributed by atoms with Crippen LogP contribution in [0.25, 0.3) is 12.2 Å². The fourth-order valence-electron chi connectivity index (χ4n) is 0.710.